The van der Waals surface area contributed by atoms with Gasteiger partial charge in [0.05, 0.1) is 0 Å². The Bertz CT molecular complexity index is 573. The smallest absolute Gasteiger partial charge is 0.00474 e. The molecule has 21 heavy (non-hydrogen) atoms. The summed E-state index contributed by atoms with van der Waals surface area (Å²) in [4.78, 5) is 2.38. The zero-order valence-corrected chi connectivity index (χ0v) is 13.3. The molecule has 0 bridgehead atoms. The van der Waals surface area contributed by atoms with E-state index in [4.69, 9.17) is 0 Å². The molecule has 0 amide bonds. The van der Waals surface area contributed by atoms with Crippen LogP contribution in [-0.4, -0.2) is 24.5 Å². The van der Waals surface area contributed by atoms with Crippen molar-refractivity contribution in [1.29, 1.82) is 0 Å². The van der Waals surface area contributed by atoms with Crippen molar-refractivity contribution in [1.82, 2.24) is 4.90 Å². The lowest BCUT2D eigenvalue weighted by Crippen LogP contribution is -2.21. The second-order valence-corrected chi connectivity index (χ2v) is 5.17. The van der Waals surface area contributed by atoms with E-state index in [1.54, 1.807) is 0 Å². The Kier molecular flexibility index (Phi) is 5.77. The van der Waals surface area contributed by atoms with E-state index < -0.39 is 0 Å². The Balaban J connectivity index is 0.000000199. The molecule has 0 atom stereocenters. The van der Waals surface area contributed by atoms with E-state index >= 15 is 0 Å². The molecule has 3 aromatic rings. The molecule has 0 unspecified atom stereocenters. The van der Waals surface area contributed by atoms with Gasteiger partial charge in [0, 0.05) is 0 Å². The van der Waals surface area contributed by atoms with Crippen LogP contribution in [0.25, 0.3) is 21.5 Å². The molecule has 0 aliphatic rings. The normalized spacial score (nSPS) is 10.7. The third kappa shape index (κ3) is 4.05. The highest BCUT2D eigenvalue weighted by Crippen LogP contribution is 2.21. The summed E-state index contributed by atoms with van der Waals surface area (Å²) >= 11 is 0. The number of hydrogen-bond donors (Lipinski definition) is 0. The summed E-state index contributed by atoms with van der Waals surface area (Å²) in [7, 11) is 0. The van der Waals surface area contributed by atoms with Crippen molar-refractivity contribution in [2.45, 2.75) is 20.8 Å². The fourth-order valence-corrected chi connectivity index (χ4v) is 2.55. The van der Waals surface area contributed by atoms with Crippen LogP contribution < -0.4 is 0 Å². The fourth-order valence-electron chi connectivity index (χ4n) is 2.55. The summed E-state index contributed by atoms with van der Waals surface area (Å²) in [5.41, 5.74) is 0. The molecular weight excluding hydrogens is 254 g/mol. The maximum absolute atomic E-state index is 2.38. The molecule has 3 aromatic carbocycles. The van der Waals surface area contributed by atoms with Gasteiger partial charge in [0.1, 0.15) is 0 Å². The number of hydrogen-bond acceptors (Lipinski definition) is 1. The lowest BCUT2D eigenvalue weighted by Gasteiger charge is -2.13. The highest BCUT2D eigenvalue weighted by Gasteiger charge is 1.95. The number of nitrogens with zero attached hydrogens (tertiary/aromatic N) is 1. The fraction of sp³-hybridized carbons (Fsp3) is 0.300. The monoisotopic (exact) mass is 279 g/mol. The highest BCUT2D eigenvalue weighted by molar-refractivity contribution is 5.98. The minimum absolute atomic E-state index is 1.19. The molecule has 0 spiro atoms. The van der Waals surface area contributed by atoms with Crippen LogP contribution in [-0.2, 0) is 0 Å². The predicted octanol–water partition coefficient (Wildman–Crippen LogP) is 5.34. The van der Waals surface area contributed by atoms with E-state index in [9.17, 15) is 0 Å². The summed E-state index contributed by atoms with van der Waals surface area (Å²) in [6.45, 7) is 10.1. The molecule has 1 heteroatoms. The van der Waals surface area contributed by atoms with Crippen LogP contribution in [0.5, 0.6) is 0 Å². The van der Waals surface area contributed by atoms with E-state index in [2.05, 4.69) is 86.3 Å². The Hall–Kier alpha value is -1.86. The second-order valence-electron chi connectivity index (χ2n) is 5.17. The minimum atomic E-state index is 1.19. The maximum atomic E-state index is 2.38. The highest BCUT2D eigenvalue weighted by atomic mass is 15.1. The van der Waals surface area contributed by atoms with Gasteiger partial charge in [0.25, 0.3) is 0 Å². The number of rotatable bonds is 3. The summed E-state index contributed by atoms with van der Waals surface area (Å²) in [5.74, 6) is 0. The van der Waals surface area contributed by atoms with E-state index in [1.165, 1.54) is 41.2 Å². The third-order valence-electron chi connectivity index (χ3n) is 3.96. The second kappa shape index (κ2) is 7.80. The first-order chi connectivity index (χ1) is 10.3. The molecule has 0 N–H and O–H groups in total. The van der Waals surface area contributed by atoms with Crippen molar-refractivity contribution in [3.8, 4) is 0 Å². The van der Waals surface area contributed by atoms with Crippen LogP contribution in [0.3, 0.4) is 0 Å². The first-order valence-electron chi connectivity index (χ1n) is 7.88. The molecular formula is C20H25N. The summed E-state index contributed by atoms with van der Waals surface area (Å²) < 4.78 is 0. The molecule has 0 heterocycles. The lowest BCUT2D eigenvalue weighted by atomic mass is 10.0. The number of benzene rings is 3. The van der Waals surface area contributed by atoms with Gasteiger partial charge in [0.15, 0.2) is 0 Å². The van der Waals surface area contributed by atoms with Gasteiger partial charge in [-0.15, -0.1) is 0 Å². The van der Waals surface area contributed by atoms with Crippen molar-refractivity contribution in [3.05, 3.63) is 60.7 Å². The van der Waals surface area contributed by atoms with Crippen LogP contribution in [0.4, 0.5) is 0 Å². The molecule has 3 rings (SSSR count). The molecule has 0 aliphatic carbocycles. The van der Waals surface area contributed by atoms with E-state index in [0.29, 0.717) is 0 Å². The molecule has 0 fully saturated rings. The molecule has 0 saturated heterocycles. The van der Waals surface area contributed by atoms with Gasteiger partial charge >= 0.3 is 0 Å². The van der Waals surface area contributed by atoms with Crippen LogP contribution in [0.1, 0.15) is 20.8 Å². The van der Waals surface area contributed by atoms with Gasteiger partial charge in [-0.25, -0.2) is 0 Å². The van der Waals surface area contributed by atoms with Gasteiger partial charge < -0.3 is 4.90 Å². The Morgan fingerprint density at radius 2 is 0.857 bits per heavy atom. The maximum Gasteiger partial charge on any atom is -0.00474 e. The topological polar surface area (TPSA) is 3.24 Å². The van der Waals surface area contributed by atoms with Crippen molar-refractivity contribution in [3.63, 3.8) is 0 Å². The summed E-state index contributed by atoms with van der Waals surface area (Å²) in [5, 5.41) is 5.25. The van der Waals surface area contributed by atoms with Crippen LogP contribution in [0.15, 0.2) is 60.7 Å². The standard InChI is InChI=1S/C14H10.C6H15N/c1-2-6-12-10-14-8-4-3-7-13(14)9-11(12)5-1;1-4-7(5-2)6-3/h1-10H;4-6H2,1-3H3. The van der Waals surface area contributed by atoms with Gasteiger partial charge in [-0.3, -0.25) is 0 Å². The van der Waals surface area contributed by atoms with Crippen LogP contribution in [0, 0.1) is 0 Å². The molecule has 0 aliphatic heterocycles. The van der Waals surface area contributed by atoms with Gasteiger partial charge in [-0.2, -0.15) is 0 Å². The quantitative estimate of drug-likeness (QED) is 0.585. The average Bonchev–Trinajstić information content (AvgIpc) is 2.55. The lowest BCUT2D eigenvalue weighted by molar-refractivity contribution is 0.321. The van der Waals surface area contributed by atoms with Crippen molar-refractivity contribution >= 4 is 21.5 Å². The molecule has 110 valence electrons. The van der Waals surface area contributed by atoms with Gasteiger partial charge in [0.2, 0.25) is 0 Å². The predicted molar refractivity (Wildman–Crippen MR) is 94.9 cm³/mol. The SMILES string of the molecule is CCN(CC)CC.c1ccc2cc3ccccc3cc2c1. The summed E-state index contributed by atoms with van der Waals surface area (Å²) in [6, 6.07) is 21.4. The Morgan fingerprint density at radius 1 is 0.571 bits per heavy atom. The molecule has 0 saturated carbocycles. The first kappa shape index (κ1) is 15.5. The third-order valence-corrected chi connectivity index (χ3v) is 3.96. The van der Waals surface area contributed by atoms with E-state index in [0.717, 1.165) is 0 Å². The molecule has 0 radical (unpaired) electrons. The molecule has 1 nitrogen and oxygen atoms in total. The van der Waals surface area contributed by atoms with E-state index in [-0.39, 0.29) is 0 Å². The number of fused-ring (bicyclic) bond motifs is 2. The van der Waals surface area contributed by atoms with Crippen molar-refractivity contribution in [2.24, 2.45) is 0 Å². The van der Waals surface area contributed by atoms with Crippen molar-refractivity contribution in [2.75, 3.05) is 19.6 Å². The molecule has 0 aromatic heterocycles. The Morgan fingerprint density at radius 3 is 1.05 bits per heavy atom. The van der Waals surface area contributed by atoms with Crippen LogP contribution >= 0.6 is 0 Å². The van der Waals surface area contributed by atoms with Gasteiger partial charge in [-0.05, 0) is 53.3 Å². The summed E-state index contributed by atoms with van der Waals surface area (Å²) in [6.07, 6.45) is 0. The van der Waals surface area contributed by atoms with E-state index in [1.807, 2.05) is 0 Å². The zero-order valence-electron chi connectivity index (χ0n) is 13.3. The first-order valence-corrected chi connectivity index (χ1v) is 7.88. The zero-order chi connectivity index (χ0) is 15.1. The minimum Gasteiger partial charge on any atom is -0.304 e. The van der Waals surface area contributed by atoms with Crippen LogP contribution in [0.2, 0.25) is 0 Å². The largest absolute Gasteiger partial charge is 0.304 e. The Labute approximate surface area is 128 Å². The van der Waals surface area contributed by atoms with Gasteiger partial charge in [-0.1, -0.05) is 69.3 Å². The average molecular weight is 279 g/mol. The van der Waals surface area contributed by atoms with Crippen molar-refractivity contribution < 1.29 is 0 Å².